The first kappa shape index (κ1) is 34.5. The van der Waals surface area contributed by atoms with Crippen molar-refractivity contribution in [2.45, 2.75) is 115 Å². The fourth-order valence-electron chi connectivity index (χ4n) is 5.75. The second-order valence-corrected chi connectivity index (χ2v) is 12.8. The third-order valence-electron chi connectivity index (χ3n) is 8.12. The molecule has 1 saturated carbocycles. The molecule has 9 nitrogen and oxygen atoms in total. The molecule has 11 heteroatoms. The van der Waals surface area contributed by atoms with E-state index >= 15 is 0 Å². The van der Waals surface area contributed by atoms with Crippen molar-refractivity contribution in [3.63, 3.8) is 0 Å². The van der Waals surface area contributed by atoms with Crippen LogP contribution in [0.4, 0.5) is 4.39 Å². The van der Waals surface area contributed by atoms with Gasteiger partial charge in [-0.3, -0.25) is 24.0 Å². The Balaban J connectivity index is 1.81. The zero-order chi connectivity index (χ0) is 31.0. The van der Waals surface area contributed by atoms with E-state index in [4.69, 9.17) is 0 Å². The van der Waals surface area contributed by atoms with Gasteiger partial charge in [0.25, 0.3) is 0 Å². The molecule has 0 bridgehead atoms. The number of amides is 4. The summed E-state index contributed by atoms with van der Waals surface area (Å²) in [6.07, 6.45) is 10.9. The minimum atomic E-state index is -0.936. The molecule has 2 aliphatic rings. The first-order chi connectivity index (χ1) is 20.7. The maximum Gasteiger partial charge on any atom is 0.243 e. The van der Waals surface area contributed by atoms with Gasteiger partial charge in [-0.1, -0.05) is 75.3 Å². The van der Waals surface area contributed by atoms with Gasteiger partial charge in [-0.25, -0.2) is 4.39 Å². The summed E-state index contributed by atoms with van der Waals surface area (Å²) >= 11 is 0.872. The van der Waals surface area contributed by atoms with Gasteiger partial charge in [-0.05, 0) is 55.7 Å². The molecule has 3 atom stereocenters. The van der Waals surface area contributed by atoms with Crippen LogP contribution < -0.4 is 21.3 Å². The van der Waals surface area contributed by atoms with Gasteiger partial charge in [0.1, 0.15) is 17.9 Å². The summed E-state index contributed by atoms with van der Waals surface area (Å²) < 4.78 is 13.8. The van der Waals surface area contributed by atoms with Crippen molar-refractivity contribution in [2.24, 2.45) is 5.92 Å². The Morgan fingerprint density at radius 1 is 0.930 bits per heavy atom. The Morgan fingerprint density at radius 2 is 1.65 bits per heavy atom. The summed E-state index contributed by atoms with van der Waals surface area (Å²) in [4.78, 5) is 64.8. The molecule has 43 heavy (non-hydrogen) atoms. The Labute approximate surface area is 258 Å². The van der Waals surface area contributed by atoms with Gasteiger partial charge in [-0.2, -0.15) is 0 Å². The minimum Gasteiger partial charge on any atom is -0.354 e. The van der Waals surface area contributed by atoms with Crippen LogP contribution in [0.15, 0.2) is 24.3 Å². The molecular weight excluding hydrogens is 571 g/mol. The lowest BCUT2D eigenvalue weighted by atomic mass is 9.84. The predicted molar refractivity (Wildman–Crippen MR) is 166 cm³/mol. The summed E-state index contributed by atoms with van der Waals surface area (Å²) in [5.41, 5.74) is 0.685. The molecule has 0 unspecified atom stereocenters. The molecular formula is C32H47FN4O5S. The number of carbonyl (C=O) groups is 5. The van der Waals surface area contributed by atoms with Gasteiger partial charge in [0.15, 0.2) is 0 Å². The normalized spacial score (nSPS) is 24.5. The largest absolute Gasteiger partial charge is 0.354 e. The summed E-state index contributed by atoms with van der Waals surface area (Å²) in [5, 5.41) is 10.9. The lowest BCUT2D eigenvalue weighted by Crippen LogP contribution is -2.52. The molecule has 3 rings (SSSR count). The summed E-state index contributed by atoms with van der Waals surface area (Å²) in [7, 11) is 0. The van der Waals surface area contributed by atoms with Crippen molar-refractivity contribution in [1.82, 2.24) is 21.3 Å². The maximum atomic E-state index is 13.8. The van der Waals surface area contributed by atoms with E-state index in [9.17, 15) is 28.4 Å². The Kier molecular flexibility index (Phi) is 15.0. The number of rotatable bonds is 6. The fraction of sp³-hybridized carbons (Fsp3) is 0.656. The zero-order valence-corrected chi connectivity index (χ0v) is 26.1. The molecule has 238 valence electrons. The Morgan fingerprint density at radius 3 is 2.40 bits per heavy atom. The number of thioether (sulfide) groups is 1. The predicted octanol–water partition coefficient (Wildman–Crippen LogP) is 3.93. The molecule has 1 aromatic carbocycles. The third-order valence-corrected chi connectivity index (χ3v) is 9.19. The van der Waals surface area contributed by atoms with Crippen LogP contribution in [0.1, 0.15) is 96.0 Å². The van der Waals surface area contributed by atoms with E-state index in [1.807, 2.05) is 0 Å². The van der Waals surface area contributed by atoms with Crippen molar-refractivity contribution in [3.8, 4) is 0 Å². The van der Waals surface area contributed by atoms with Crippen LogP contribution in [0.3, 0.4) is 0 Å². The van der Waals surface area contributed by atoms with E-state index in [0.717, 1.165) is 63.1 Å². The highest BCUT2D eigenvalue weighted by Crippen LogP contribution is 2.27. The standard InChI is InChI=1S/C32H47FN4O5S/c1-22(38)35-28-21-43-32(42)26(17-16-24-13-10-14-25(33)19-24)37-31(41)27(20-23-11-6-5-7-12-23)36-29(39)15-8-3-2-4-9-18-34-30(28)40/h10,13-14,19,23,26-28H,2-9,11-12,15-18,20-21H2,1H3,(H,34,40)(H,35,38)(H,36,39)(H,37,41)/t26-,27-,28-/m0/s1. The number of carbonyl (C=O) groups excluding carboxylic acids is 5. The van der Waals surface area contributed by atoms with Crippen LogP contribution in [0.2, 0.25) is 0 Å². The monoisotopic (exact) mass is 618 g/mol. The number of nitrogens with one attached hydrogen (secondary N) is 4. The second kappa shape index (κ2) is 18.7. The molecule has 1 aliphatic carbocycles. The van der Waals surface area contributed by atoms with Crippen LogP contribution in [0.5, 0.6) is 0 Å². The van der Waals surface area contributed by atoms with Gasteiger partial charge in [0, 0.05) is 25.6 Å². The number of aryl methyl sites for hydroxylation is 1. The van der Waals surface area contributed by atoms with Crippen LogP contribution in [-0.2, 0) is 30.4 Å². The average molecular weight is 619 g/mol. The number of benzene rings is 1. The summed E-state index contributed by atoms with van der Waals surface area (Å²) in [6, 6.07) is 3.49. The smallest absolute Gasteiger partial charge is 0.243 e. The molecule has 0 aromatic heterocycles. The maximum absolute atomic E-state index is 13.8. The summed E-state index contributed by atoms with van der Waals surface area (Å²) in [5.74, 6) is -1.40. The molecule has 1 aromatic rings. The molecule has 4 N–H and O–H groups in total. The number of hydrogen-bond donors (Lipinski definition) is 4. The topological polar surface area (TPSA) is 133 Å². The van der Waals surface area contributed by atoms with E-state index < -0.39 is 24.0 Å². The SMILES string of the molecule is CC(=O)N[C@H]1CSC(=O)[C@H](CCc2cccc(F)c2)NC(=O)[C@H](CC2CCCCC2)NC(=O)CCCCCCCNC1=O. The van der Waals surface area contributed by atoms with Crippen LogP contribution in [0, 0.1) is 11.7 Å². The second-order valence-electron chi connectivity index (χ2n) is 11.8. The lowest BCUT2D eigenvalue weighted by molar-refractivity contribution is -0.131. The van der Waals surface area contributed by atoms with Gasteiger partial charge < -0.3 is 21.3 Å². The van der Waals surface area contributed by atoms with Crippen molar-refractivity contribution in [3.05, 3.63) is 35.6 Å². The molecule has 0 spiro atoms. The Bertz CT molecular complexity index is 1100. The lowest BCUT2D eigenvalue weighted by Gasteiger charge is -2.28. The van der Waals surface area contributed by atoms with Gasteiger partial charge in [0.2, 0.25) is 28.7 Å². The van der Waals surface area contributed by atoms with Crippen molar-refractivity contribution in [1.29, 1.82) is 0 Å². The van der Waals surface area contributed by atoms with Gasteiger partial charge >= 0.3 is 0 Å². The van der Waals surface area contributed by atoms with Crippen LogP contribution >= 0.6 is 11.8 Å². The molecule has 4 amide bonds. The molecule has 1 aliphatic heterocycles. The fourth-order valence-corrected chi connectivity index (χ4v) is 6.69. The molecule has 1 heterocycles. The van der Waals surface area contributed by atoms with Crippen molar-refractivity contribution < 1.29 is 28.4 Å². The molecule has 2 fully saturated rings. The van der Waals surface area contributed by atoms with E-state index in [1.54, 1.807) is 12.1 Å². The highest BCUT2D eigenvalue weighted by Gasteiger charge is 2.30. The molecule has 0 radical (unpaired) electrons. The Hall–Kier alpha value is -2.95. The first-order valence-corrected chi connectivity index (χ1v) is 16.8. The van der Waals surface area contributed by atoms with Crippen LogP contribution in [0.25, 0.3) is 0 Å². The quantitative estimate of drug-likeness (QED) is 0.382. The number of hydrogen-bond acceptors (Lipinski definition) is 6. The minimum absolute atomic E-state index is 0.00117. The highest BCUT2D eigenvalue weighted by atomic mass is 32.2. The average Bonchev–Trinajstić information content (AvgIpc) is 2.98. The first-order valence-electron chi connectivity index (χ1n) is 15.8. The van der Waals surface area contributed by atoms with Crippen molar-refractivity contribution >= 4 is 40.5 Å². The van der Waals surface area contributed by atoms with Crippen molar-refractivity contribution in [2.75, 3.05) is 12.3 Å². The van der Waals surface area contributed by atoms with E-state index in [0.29, 0.717) is 43.7 Å². The van der Waals surface area contributed by atoms with Crippen LogP contribution in [-0.4, -0.2) is 59.2 Å². The van der Waals surface area contributed by atoms with E-state index in [-0.39, 0.29) is 40.8 Å². The highest BCUT2D eigenvalue weighted by molar-refractivity contribution is 8.13. The third kappa shape index (κ3) is 13.1. The van der Waals surface area contributed by atoms with Gasteiger partial charge in [0.05, 0.1) is 6.04 Å². The number of halogens is 1. The van der Waals surface area contributed by atoms with Gasteiger partial charge in [-0.15, -0.1) is 0 Å². The van der Waals surface area contributed by atoms with E-state index in [1.165, 1.54) is 25.5 Å². The zero-order valence-electron chi connectivity index (χ0n) is 25.3. The molecule has 1 saturated heterocycles. The van der Waals surface area contributed by atoms with E-state index in [2.05, 4.69) is 21.3 Å². The summed E-state index contributed by atoms with van der Waals surface area (Å²) in [6.45, 7) is 1.76.